The van der Waals surface area contributed by atoms with Gasteiger partial charge in [-0.25, -0.2) is 9.67 Å². The van der Waals surface area contributed by atoms with E-state index in [1.807, 2.05) is 20.8 Å². The highest BCUT2D eigenvalue weighted by atomic mass is 16.2. The van der Waals surface area contributed by atoms with Crippen LogP contribution in [-0.2, 0) is 0 Å². The van der Waals surface area contributed by atoms with Crippen molar-refractivity contribution in [2.24, 2.45) is 0 Å². The lowest BCUT2D eigenvalue weighted by Gasteiger charge is -2.11. The lowest BCUT2D eigenvalue weighted by atomic mass is 10.4. The summed E-state index contributed by atoms with van der Waals surface area (Å²) >= 11 is 0. The maximum absolute atomic E-state index is 12.2. The maximum atomic E-state index is 12.2. The van der Waals surface area contributed by atoms with Gasteiger partial charge >= 0.3 is 0 Å². The summed E-state index contributed by atoms with van der Waals surface area (Å²) in [7, 11) is 0. The number of hydrogen-bond acceptors (Lipinski definition) is 5. The molecule has 7 nitrogen and oxygen atoms in total. The molecule has 0 unspecified atom stereocenters. The van der Waals surface area contributed by atoms with Gasteiger partial charge in [-0.3, -0.25) is 9.78 Å². The van der Waals surface area contributed by atoms with Gasteiger partial charge in [0, 0.05) is 18.7 Å². The Bertz CT molecular complexity index is 592. The predicted molar refractivity (Wildman–Crippen MR) is 76.8 cm³/mol. The van der Waals surface area contributed by atoms with E-state index in [1.165, 1.54) is 6.20 Å². The molecule has 2 heterocycles. The average molecular weight is 274 g/mol. The maximum Gasteiger partial charge on any atom is 0.277 e. The van der Waals surface area contributed by atoms with Gasteiger partial charge < -0.3 is 10.6 Å². The van der Waals surface area contributed by atoms with Crippen molar-refractivity contribution in [2.45, 2.75) is 26.8 Å². The van der Waals surface area contributed by atoms with Crippen LogP contribution in [0.2, 0.25) is 0 Å². The molecule has 0 saturated carbocycles. The van der Waals surface area contributed by atoms with Crippen LogP contribution in [0.4, 0.5) is 11.6 Å². The van der Waals surface area contributed by atoms with Crippen molar-refractivity contribution in [1.29, 1.82) is 0 Å². The summed E-state index contributed by atoms with van der Waals surface area (Å²) in [5.41, 5.74) is 0.264. The fourth-order valence-electron chi connectivity index (χ4n) is 1.75. The molecular formula is C13H18N6O. The molecule has 20 heavy (non-hydrogen) atoms. The summed E-state index contributed by atoms with van der Waals surface area (Å²) in [6.07, 6.45) is 4.67. The van der Waals surface area contributed by atoms with Crippen LogP contribution in [0, 0.1) is 0 Å². The van der Waals surface area contributed by atoms with E-state index in [4.69, 9.17) is 0 Å². The van der Waals surface area contributed by atoms with Gasteiger partial charge in [0.2, 0.25) is 0 Å². The summed E-state index contributed by atoms with van der Waals surface area (Å²) in [4.78, 5) is 20.4. The first kappa shape index (κ1) is 14.0. The molecule has 2 rings (SSSR count). The van der Waals surface area contributed by atoms with E-state index in [-0.39, 0.29) is 17.6 Å². The van der Waals surface area contributed by atoms with Gasteiger partial charge in [-0.1, -0.05) is 0 Å². The van der Waals surface area contributed by atoms with Crippen LogP contribution in [-0.4, -0.2) is 32.2 Å². The Morgan fingerprint density at radius 1 is 1.40 bits per heavy atom. The van der Waals surface area contributed by atoms with Crippen LogP contribution in [0.1, 0.15) is 37.3 Å². The van der Waals surface area contributed by atoms with Crippen LogP contribution in [0.5, 0.6) is 0 Å². The first-order chi connectivity index (χ1) is 9.61. The lowest BCUT2D eigenvalue weighted by Crippen LogP contribution is -2.18. The van der Waals surface area contributed by atoms with E-state index < -0.39 is 0 Å². The second-order valence-corrected chi connectivity index (χ2v) is 4.53. The number of nitrogens with one attached hydrogen (secondary N) is 2. The molecule has 1 amide bonds. The Labute approximate surface area is 117 Å². The molecule has 0 aliphatic carbocycles. The molecule has 0 spiro atoms. The van der Waals surface area contributed by atoms with Crippen molar-refractivity contribution in [3.63, 3.8) is 0 Å². The summed E-state index contributed by atoms with van der Waals surface area (Å²) in [5.74, 6) is 0.915. The SMILES string of the molecule is CCNc1cncc(C(=O)Nc2ccnn2C(C)C)n1. The summed E-state index contributed by atoms with van der Waals surface area (Å²) in [5, 5.41) is 9.97. The van der Waals surface area contributed by atoms with E-state index in [0.717, 1.165) is 6.54 Å². The van der Waals surface area contributed by atoms with E-state index in [0.29, 0.717) is 11.6 Å². The molecule has 0 fully saturated rings. The second kappa shape index (κ2) is 6.14. The van der Waals surface area contributed by atoms with Crippen molar-refractivity contribution < 1.29 is 4.79 Å². The zero-order valence-electron chi connectivity index (χ0n) is 11.8. The van der Waals surface area contributed by atoms with Gasteiger partial charge in [0.15, 0.2) is 0 Å². The Balaban J connectivity index is 2.15. The standard InChI is InChI=1S/C13H18N6O/c1-4-15-11-8-14-7-10(17-11)13(20)18-12-5-6-16-19(12)9(2)3/h5-9H,4H2,1-3H3,(H,15,17)(H,18,20). The fourth-order valence-corrected chi connectivity index (χ4v) is 1.75. The third-order valence-corrected chi connectivity index (χ3v) is 2.63. The third-order valence-electron chi connectivity index (χ3n) is 2.63. The van der Waals surface area contributed by atoms with Gasteiger partial charge in [0.1, 0.15) is 17.3 Å². The molecule has 0 saturated heterocycles. The number of nitrogens with zero attached hydrogens (tertiary/aromatic N) is 4. The van der Waals surface area contributed by atoms with Gasteiger partial charge in [-0.15, -0.1) is 0 Å². The smallest absolute Gasteiger partial charge is 0.277 e. The number of carbonyl (C=O) groups excluding carboxylic acids is 1. The quantitative estimate of drug-likeness (QED) is 0.870. The molecule has 2 aromatic heterocycles. The molecular weight excluding hydrogens is 256 g/mol. The van der Waals surface area contributed by atoms with Crippen LogP contribution in [0.3, 0.4) is 0 Å². The minimum Gasteiger partial charge on any atom is -0.369 e. The first-order valence-corrected chi connectivity index (χ1v) is 6.52. The molecule has 0 aromatic carbocycles. The predicted octanol–water partition coefficient (Wildman–Crippen LogP) is 1.94. The topological polar surface area (TPSA) is 84.7 Å². The molecule has 106 valence electrons. The van der Waals surface area contributed by atoms with Crippen molar-refractivity contribution in [2.75, 3.05) is 17.2 Å². The lowest BCUT2D eigenvalue weighted by molar-refractivity contribution is 0.102. The average Bonchev–Trinajstić information content (AvgIpc) is 2.88. The molecule has 0 aliphatic rings. The number of rotatable bonds is 5. The summed E-state index contributed by atoms with van der Waals surface area (Å²) in [6, 6.07) is 1.92. The highest BCUT2D eigenvalue weighted by molar-refractivity contribution is 6.02. The van der Waals surface area contributed by atoms with Crippen molar-refractivity contribution in [3.8, 4) is 0 Å². The molecule has 2 aromatic rings. The summed E-state index contributed by atoms with van der Waals surface area (Å²) in [6.45, 7) is 6.66. The van der Waals surface area contributed by atoms with Gasteiger partial charge in [0.05, 0.1) is 18.6 Å². The highest BCUT2D eigenvalue weighted by Crippen LogP contribution is 2.14. The van der Waals surface area contributed by atoms with Crippen molar-refractivity contribution in [1.82, 2.24) is 19.7 Å². The Hall–Kier alpha value is -2.44. The van der Waals surface area contributed by atoms with Crippen LogP contribution >= 0.6 is 0 Å². The van der Waals surface area contributed by atoms with Crippen LogP contribution in [0.15, 0.2) is 24.7 Å². The molecule has 7 heteroatoms. The highest BCUT2D eigenvalue weighted by Gasteiger charge is 2.13. The monoisotopic (exact) mass is 274 g/mol. The molecule has 0 atom stereocenters. The first-order valence-electron chi connectivity index (χ1n) is 6.52. The number of hydrogen-bond donors (Lipinski definition) is 2. The van der Waals surface area contributed by atoms with Crippen molar-refractivity contribution in [3.05, 3.63) is 30.4 Å². The summed E-state index contributed by atoms with van der Waals surface area (Å²) < 4.78 is 1.74. The Kier molecular flexibility index (Phi) is 4.29. The zero-order chi connectivity index (χ0) is 14.5. The molecule has 0 bridgehead atoms. The Morgan fingerprint density at radius 3 is 2.90 bits per heavy atom. The van der Waals surface area contributed by atoms with Gasteiger partial charge in [0.25, 0.3) is 5.91 Å². The number of carbonyl (C=O) groups is 1. The number of amides is 1. The molecule has 2 N–H and O–H groups in total. The van der Waals surface area contributed by atoms with E-state index in [9.17, 15) is 4.79 Å². The molecule has 0 aliphatic heterocycles. The zero-order valence-corrected chi connectivity index (χ0v) is 11.8. The van der Waals surface area contributed by atoms with Crippen LogP contribution < -0.4 is 10.6 Å². The van der Waals surface area contributed by atoms with Crippen LogP contribution in [0.25, 0.3) is 0 Å². The largest absolute Gasteiger partial charge is 0.369 e. The minimum atomic E-state index is -0.306. The van der Waals surface area contributed by atoms with Gasteiger partial charge in [-0.05, 0) is 20.8 Å². The van der Waals surface area contributed by atoms with E-state index >= 15 is 0 Å². The van der Waals surface area contributed by atoms with Gasteiger partial charge in [-0.2, -0.15) is 5.10 Å². The fraction of sp³-hybridized carbons (Fsp3) is 0.385. The minimum absolute atomic E-state index is 0.166. The third kappa shape index (κ3) is 3.11. The second-order valence-electron chi connectivity index (χ2n) is 4.53. The van der Waals surface area contributed by atoms with E-state index in [1.54, 1.807) is 23.1 Å². The number of aromatic nitrogens is 4. The van der Waals surface area contributed by atoms with E-state index in [2.05, 4.69) is 25.7 Å². The normalized spacial score (nSPS) is 10.6. The Morgan fingerprint density at radius 2 is 2.20 bits per heavy atom. The molecule has 0 radical (unpaired) electrons. The number of anilines is 2. The van der Waals surface area contributed by atoms with Crippen molar-refractivity contribution >= 4 is 17.5 Å².